The van der Waals surface area contributed by atoms with Gasteiger partial charge in [-0.1, -0.05) is 75.6 Å². The maximum absolute atomic E-state index is 13.5. The highest BCUT2D eigenvalue weighted by Gasteiger charge is 2.29. The van der Waals surface area contributed by atoms with Gasteiger partial charge < -0.3 is 20.7 Å². The van der Waals surface area contributed by atoms with Crippen LogP contribution in [0.3, 0.4) is 0 Å². The largest absolute Gasteiger partial charge is 0.489 e. The zero-order valence-electron chi connectivity index (χ0n) is 24.6. The van der Waals surface area contributed by atoms with Gasteiger partial charge >= 0.3 is 0 Å². The molecule has 0 saturated heterocycles. The topological polar surface area (TPSA) is 79.5 Å². The average Bonchev–Trinajstić information content (AvgIpc) is 2.90. The fraction of sp³-hybridized carbons (Fsp3) is 0.576. The molecule has 3 rings (SSSR count). The van der Waals surface area contributed by atoms with Gasteiger partial charge in [0.1, 0.15) is 18.4 Å². The van der Waals surface area contributed by atoms with Crippen LogP contribution in [0.1, 0.15) is 84.3 Å². The Morgan fingerprint density at radius 1 is 0.872 bits per heavy atom. The van der Waals surface area contributed by atoms with Crippen LogP contribution in [-0.2, 0) is 22.6 Å². The second kappa shape index (κ2) is 15.1. The Hall–Kier alpha value is -2.86. The number of carbonyl (C=O) groups excluding carboxylic acids is 2. The molecular weight excluding hydrogens is 486 g/mol. The Balaban J connectivity index is 1.66. The van der Waals surface area contributed by atoms with Crippen LogP contribution in [0.25, 0.3) is 0 Å². The predicted octanol–water partition coefficient (Wildman–Crippen LogP) is 5.79. The molecule has 0 spiro atoms. The molecule has 2 aromatic carbocycles. The van der Waals surface area contributed by atoms with E-state index in [1.54, 1.807) is 0 Å². The number of nitrogens with one attached hydrogen (secondary N) is 3. The zero-order valence-corrected chi connectivity index (χ0v) is 24.6. The molecule has 6 nitrogen and oxygen atoms in total. The quantitative estimate of drug-likeness (QED) is 0.303. The van der Waals surface area contributed by atoms with Crippen molar-refractivity contribution >= 4 is 11.8 Å². The lowest BCUT2D eigenvalue weighted by molar-refractivity contribution is -0.131. The lowest BCUT2D eigenvalue weighted by atomic mass is 9.89. The third-order valence-electron chi connectivity index (χ3n) is 7.14. The van der Waals surface area contributed by atoms with Crippen molar-refractivity contribution in [2.45, 2.75) is 104 Å². The van der Waals surface area contributed by atoms with E-state index >= 15 is 0 Å². The van der Waals surface area contributed by atoms with Gasteiger partial charge in [-0.25, -0.2) is 0 Å². The van der Waals surface area contributed by atoms with Crippen LogP contribution in [0, 0.1) is 11.8 Å². The number of benzene rings is 2. The summed E-state index contributed by atoms with van der Waals surface area (Å²) >= 11 is 0. The normalized spacial score (nSPS) is 15.9. The molecule has 1 aliphatic rings. The summed E-state index contributed by atoms with van der Waals surface area (Å²) in [6, 6.07) is 16.8. The lowest BCUT2D eigenvalue weighted by Crippen LogP contribution is -2.56. The second-order valence-electron chi connectivity index (χ2n) is 12.5. The minimum Gasteiger partial charge on any atom is -0.489 e. The van der Waals surface area contributed by atoms with Crippen molar-refractivity contribution < 1.29 is 14.3 Å². The van der Waals surface area contributed by atoms with Crippen LogP contribution in [0.4, 0.5) is 0 Å². The molecule has 6 heteroatoms. The van der Waals surface area contributed by atoms with Gasteiger partial charge in [0.15, 0.2) is 0 Å². The van der Waals surface area contributed by atoms with Crippen LogP contribution in [0.5, 0.6) is 5.75 Å². The third kappa shape index (κ3) is 11.4. The van der Waals surface area contributed by atoms with E-state index in [2.05, 4.69) is 29.8 Å². The number of hydrogen-bond donors (Lipinski definition) is 3. The predicted molar refractivity (Wildman–Crippen MR) is 159 cm³/mol. The number of carbonyl (C=O) groups is 2. The fourth-order valence-electron chi connectivity index (χ4n) is 5.09. The molecule has 1 saturated carbocycles. The van der Waals surface area contributed by atoms with Crippen LogP contribution in [-0.4, -0.2) is 36.0 Å². The molecule has 2 atom stereocenters. The Morgan fingerprint density at radius 2 is 1.54 bits per heavy atom. The van der Waals surface area contributed by atoms with E-state index in [1.807, 2.05) is 75.4 Å². The molecule has 0 radical (unpaired) electrons. The molecule has 0 aromatic heterocycles. The Bertz CT molecular complexity index is 1010. The Labute approximate surface area is 235 Å². The first-order valence-electron chi connectivity index (χ1n) is 14.7. The van der Waals surface area contributed by atoms with Crippen LogP contribution >= 0.6 is 0 Å². The average molecular weight is 536 g/mol. The van der Waals surface area contributed by atoms with E-state index in [4.69, 9.17) is 4.74 Å². The summed E-state index contributed by atoms with van der Waals surface area (Å²) in [5.41, 5.74) is 1.68. The summed E-state index contributed by atoms with van der Waals surface area (Å²) in [7, 11) is 0. The van der Waals surface area contributed by atoms with Crippen molar-refractivity contribution in [1.82, 2.24) is 16.0 Å². The number of hydrogen-bond acceptors (Lipinski definition) is 4. The van der Waals surface area contributed by atoms with E-state index < -0.39 is 11.6 Å². The molecule has 1 fully saturated rings. The van der Waals surface area contributed by atoms with Crippen LogP contribution in [0.15, 0.2) is 54.6 Å². The molecule has 2 aromatic rings. The monoisotopic (exact) mass is 535 g/mol. The number of ether oxygens (including phenoxy) is 1. The van der Waals surface area contributed by atoms with Gasteiger partial charge in [-0.05, 0) is 81.7 Å². The van der Waals surface area contributed by atoms with Gasteiger partial charge in [-0.2, -0.15) is 0 Å². The number of amides is 2. The SMILES string of the molecule is CC(C)C[C@H](NCC1CCCCC1)C(=O)N[C@H](Cc1ccc(OCc2ccccc2)cc1)C(=O)NC(C)(C)C. The van der Waals surface area contributed by atoms with Crippen molar-refractivity contribution in [1.29, 1.82) is 0 Å². The van der Waals surface area contributed by atoms with Crippen LogP contribution in [0.2, 0.25) is 0 Å². The van der Waals surface area contributed by atoms with E-state index in [9.17, 15) is 9.59 Å². The summed E-state index contributed by atoms with van der Waals surface area (Å²) < 4.78 is 5.92. The summed E-state index contributed by atoms with van der Waals surface area (Å²) in [6.07, 6.45) is 7.47. The van der Waals surface area contributed by atoms with Gasteiger partial charge in [-0.3, -0.25) is 9.59 Å². The van der Waals surface area contributed by atoms with Crippen molar-refractivity contribution in [2.24, 2.45) is 11.8 Å². The van der Waals surface area contributed by atoms with E-state index in [0.29, 0.717) is 24.9 Å². The minimum atomic E-state index is -0.668. The molecule has 0 heterocycles. The zero-order chi connectivity index (χ0) is 28.3. The summed E-state index contributed by atoms with van der Waals surface area (Å²) in [5, 5.41) is 9.71. The highest BCUT2D eigenvalue weighted by Crippen LogP contribution is 2.23. The molecule has 0 unspecified atom stereocenters. The molecule has 1 aliphatic carbocycles. The van der Waals surface area contributed by atoms with Crippen LogP contribution < -0.4 is 20.7 Å². The van der Waals surface area contributed by atoms with E-state index in [-0.39, 0.29) is 17.9 Å². The molecule has 2 amide bonds. The standard InChI is InChI=1S/C33H49N3O3/c1-24(2)20-29(34-22-26-12-8-6-9-13-26)31(37)35-30(32(38)36-33(3,4)5)21-25-16-18-28(19-17-25)39-23-27-14-10-7-11-15-27/h7,10-11,14-19,24,26,29-30,34H,6,8-9,12-13,20-23H2,1-5H3,(H,35,37)(H,36,38)/t29-,30+/m0/s1. The highest BCUT2D eigenvalue weighted by molar-refractivity contribution is 5.90. The van der Waals surface area contributed by atoms with Gasteiger partial charge in [-0.15, -0.1) is 0 Å². The highest BCUT2D eigenvalue weighted by atomic mass is 16.5. The Kier molecular flexibility index (Phi) is 11.9. The minimum absolute atomic E-state index is 0.101. The smallest absolute Gasteiger partial charge is 0.243 e. The van der Waals surface area contributed by atoms with Gasteiger partial charge in [0.2, 0.25) is 11.8 Å². The van der Waals surface area contributed by atoms with Crippen molar-refractivity contribution in [3.8, 4) is 5.75 Å². The van der Waals surface area contributed by atoms with E-state index in [0.717, 1.165) is 29.8 Å². The van der Waals surface area contributed by atoms with E-state index in [1.165, 1.54) is 32.1 Å². The molecule has 0 bridgehead atoms. The van der Waals surface area contributed by atoms with Gasteiger partial charge in [0, 0.05) is 12.0 Å². The fourth-order valence-corrected chi connectivity index (χ4v) is 5.09. The van der Waals surface area contributed by atoms with Gasteiger partial charge in [0.05, 0.1) is 6.04 Å². The molecule has 214 valence electrons. The van der Waals surface area contributed by atoms with Crippen molar-refractivity contribution in [2.75, 3.05) is 6.54 Å². The maximum atomic E-state index is 13.5. The first kappa shape index (κ1) is 30.7. The summed E-state index contributed by atoms with van der Waals surface area (Å²) in [4.78, 5) is 26.8. The Morgan fingerprint density at radius 3 is 2.15 bits per heavy atom. The molecule has 39 heavy (non-hydrogen) atoms. The number of rotatable bonds is 13. The molecule has 3 N–H and O–H groups in total. The summed E-state index contributed by atoms with van der Waals surface area (Å²) in [5.74, 6) is 1.49. The van der Waals surface area contributed by atoms with Crippen molar-refractivity contribution in [3.05, 3.63) is 65.7 Å². The van der Waals surface area contributed by atoms with Crippen molar-refractivity contribution in [3.63, 3.8) is 0 Å². The lowest BCUT2D eigenvalue weighted by Gasteiger charge is -2.29. The molecular formula is C33H49N3O3. The van der Waals surface area contributed by atoms with Gasteiger partial charge in [0.25, 0.3) is 0 Å². The second-order valence-corrected chi connectivity index (χ2v) is 12.5. The maximum Gasteiger partial charge on any atom is 0.243 e. The summed E-state index contributed by atoms with van der Waals surface area (Å²) in [6.45, 7) is 11.5. The first-order valence-corrected chi connectivity index (χ1v) is 14.7. The third-order valence-corrected chi connectivity index (χ3v) is 7.14. The first-order chi connectivity index (χ1) is 18.6. The molecule has 0 aliphatic heterocycles.